The van der Waals surface area contributed by atoms with E-state index >= 15 is 0 Å². The standard InChI is InChI=1S/C12H8Br2O3/c13-9-5-1-3-7-11(9)15-17-16-12-8-4-2-6-10(12)14/h1-8H. The molecule has 2 rings (SSSR count). The highest BCUT2D eigenvalue weighted by Gasteiger charge is 2.03. The fraction of sp³-hybridized carbons (Fsp3) is 0. The molecule has 0 unspecified atom stereocenters. The molecule has 17 heavy (non-hydrogen) atoms. The van der Waals surface area contributed by atoms with Crippen LogP contribution in [0.2, 0.25) is 0 Å². The monoisotopic (exact) mass is 358 g/mol. The average molecular weight is 360 g/mol. The molecule has 0 spiro atoms. The number of benzene rings is 2. The molecule has 0 saturated carbocycles. The predicted molar refractivity (Wildman–Crippen MR) is 70.6 cm³/mol. The van der Waals surface area contributed by atoms with Crippen LogP contribution in [0.15, 0.2) is 57.5 Å². The maximum Gasteiger partial charge on any atom is 0.183 e. The van der Waals surface area contributed by atoms with Crippen molar-refractivity contribution in [1.82, 2.24) is 0 Å². The van der Waals surface area contributed by atoms with E-state index in [2.05, 4.69) is 31.9 Å². The second-order valence-corrected chi connectivity index (χ2v) is 4.80. The summed E-state index contributed by atoms with van der Waals surface area (Å²) in [5.41, 5.74) is 0. The first-order valence-corrected chi connectivity index (χ1v) is 6.36. The molecule has 0 saturated heterocycles. The molecule has 2 aromatic carbocycles. The molecule has 0 bridgehead atoms. The Bertz CT molecular complexity index is 457. The van der Waals surface area contributed by atoms with Gasteiger partial charge in [0.2, 0.25) is 0 Å². The van der Waals surface area contributed by atoms with Crippen molar-refractivity contribution >= 4 is 31.9 Å². The number of rotatable bonds is 4. The third-order valence-electron chi connectivity index (χ3n) is 1.92. The van der Waals surface area contributed by atoms with Crippen molar-refractivity contribution in [2.75, 3.05) is 0 Å². The van der Waals surface area contributed by atoms with E-state index in [-0.39, 0.29) is 0 Å². The summed E-state index contributed by atoms with van der Waals surface area (Å²) in [5, 5.41) is 4.71. The highest BCUT2D eigenvalue weighted by molar-refractivity contribution is 9.10. The van der Waals surface area contributed by atoms with Gasteiger partial charge >= 0.3 is 0 Å². The lowest BCUT2D eigenvalue weighted by Gasteiger charge is -2.06. The number of halogens is 2. The third-order valence-corrected chi connectivity index (χ3v) is 3.23. The lowest BCUT2D eigenvalue weighted by molar-refractivity contribution is -0.411. The van der Waals surface area contributed by atoms with E-state index in [1.165, 1.54) is 0 Å². The fourth-order valence-electron chi connectivity index (χ4n) is 1.11. The summed E-state index contributed by atoms with van der Waals surface area (Å²) in [6.45, 7) is 0. The summed E-state index contributed by atoms with van der Waals surface area (Å²) in [4.78, 5) is 10.0. The zero-order chi connectivity index (χ0) is 12.1. The predicted octanol–water partition coefficient (Wildman–Crippen LogP) is 4.52. The first kappa shape index (κ1) is 12.4. The smallest absolute Gasteiger partial charge is 0.183 e. The van der Waals surface area contributed by atoms with Crippen LogP contribution >= 0.6 is 31.9 Å². The van der Waals surface area contributed by atoms with Crippen LogP contribution in [0, 0.1) is 0 Å². The number of hydrogen-bond donors (Lipinski definition) is 0. The van der Waals surface area contributed by atoms with E-state index in [9.17, 15) is 0 Å². The lowest BCUT2D eigenvalue weighted by atomic mass is 10.3. The van der Waals surface area contributed by atoms with E-state index in [1.807, 2.05) is 36.4 Å². The molecular weight excluding hydrogens is 352 g/mol. The van der Waals surface area contributed by atoms with E-state index < -0.39 is 0 Å². The molecule has 2 aromatic rings. The van der Waals surface area contributed by atoms with Gasteiger partial charge in [0, 0.05) is 5.04 Å². The SMILES string of the molecule is Brc1ccccc1OOOc1ccccc1Br. The average Bonchev–Trinajstić information content (AvgIpc) is 2.34. The maximum atomic E-state index is 5.01. The molecule has 0 atom stereocenters. The molecule has 0 aliphatic heterocycles. The van der Waals surface area contributed by atoms with Gasteiger partial charge < -0.3 is 0 Å². The van der Waals surface area contributed by atoms with Crippen LogP contribution in [0.1, 0.15) is 0 Å². The Morgan fingerprint density at radius 3 is 1.47 bits per heavy atom. The highest BCUT2D eigenvalue weighted by Crippen LogP contribution is 2.26. The molecule has 3 nitrogen and oxygen atoms in total. The Hall–Kier alpha value is -1.04. The van der Waals surface area contributed by atoms with Gasteiger partial charge in [0.25, 0.3) is 0 Å². The minimum atomic E-state index is 0.541. The van der Waals surface area contributed by atoms with Gasteiger partial charge in [-0.15, -0.1) is 0 Å². The minimum absolute atomic E-state index is 0.541. The molecule has 0 amide bonds. The van der Waals surface area contributed by atoms with Crippen molar-refractivity contribution in [2.45, 2.75) is 0 Å². The van der Waals surface area contributed by atoms with Gasteiger partial charge in [-0.25, -0.2) is 0 Å². The summed E-state index contributed by atoms with van der Waals surface area (Å²) < 4.78 is 1.58. The van der Waals surface area contributed by atoms with Crippen molar-refractivity contribution in [2.24, 2.45) is 0 Å². The highest BCUT2D eigenvalue weighted by atomic mass is 79.9. The van der Waals surface area contributed by atoms with E-state index in [4.69, 9.17) is 14.8 Å². The molecule has 0 fully saturated rings. The molecular formula is C12H8Br2O3. The third kappa shape index (κ3) is 3.46. The van der Waals surface area contributed by atoms with Crippen molar-refractivity contribution in [3.8, 4) is 11.5 Å². The van der Waals surface area contributed by atoms with Gasteiger partial charge in [-0.2, -0.15) is 0 Å². The van der Waals surface area contributed by atoms with Gasteiger partial charge in [-0.05, 0) is 56.1 Å². The molecule has 0 radical (unpaired) electrons. The summed E-state index contributed by atoms with van der Waals surface area (Å²) >= 11 is 6.65. The molecule has 0 aliphatic rings. The summed E-state index contributed by atoms with van der Waals surface area (Å²) in [6, 6.07) is 14.6. The van der Waals surface area contributed by atoms with Gasteiger partial charge in [-0.3, -0.25) is 9.78 Å². The topological polar surface area (TPSA) is 27.7 Å². The molecule has 5 heteroatoms. The molecule has 88 valence electrons. The van der Waals surface area contributed by atoms with Crippen molar-refractivity contribution in [3.63, 3.8) is 0 Å². The summed E-state index contributed by atoms with van der Waals surface area (Å²) in [7, 11) is 0. The zero-order valence-electron chi connectivity index (χ0n) is 8.60. The van der Waals surface area contributed by atoms with Gasteiger partial charge in [0.05, 0.1) is 8.95 Å². The minimum Gasteiger partial charge on any atom is -0.298 e. The fourth-order valence-corrected chi connectivity index (χ4v) is 1.82. The van der Waals surface area contributed by atoms with Crippen LogP contribution in [-0.2, 0) is 5.04 Å². The van der Waals surface area contributed by atoms with Crippen LogP contribution in [0.5, 0.6) is 11.5 Å². The van der Waals surface area contributed by atoms with Crippen LogP contribution in [0.3, 0.4) is 0 Å². The first-order chi connectivity index (χ1) is 8.27. The van der Waals surface area contributed by atoms with Gasteiger partial charge in [0.1, 0.15) is 0 Å². The Kier molecular flexibility index (Phi) is 4.42. The maximum absolute atomic E-state index is 5.01. The molecule has 0 aromatic heterocycles. The van der Waals surface area contributed by atoms with E-state index in [0.29, 0.717) is 11.5 Å². The van der Waals surface area contributed by atoms with Crippen molar-refractivity contribution in [1.29, 1.82) is 0 Å². The zero-order valence-corrected chi connectivity index (χ0v) is 11.8. The Labute approximate surface area is 115 Å². The van der Waals surface area contributed by atoms with Crippen LogP contribution < -0.4 is 9.78 Å². The summed E-state index contributed by atoms with van der Waals surface area (Å²) in [5.74, 6) is 1.08. The van der Waals surface area contributed by atoms with Crippen molar-refractivity contribution in [3.05, 3.63) is 57.5 Å². The Balaban J connectivity index is 1.93. The first-order valence-electron chi connectivity index (χ1n) is 4.77. The van der Waals surface area contributed by atoms with Crippen LogP contribution in [0.4, 0.5) is 0 Å². The second kappa shape index (κ2) is 6.05. The van der Waals surface area contributed by atoms with Crippen LogP contribution in [-0.4, -0.2) is 0 Å². The van der Waals surface area contributed by atoms with E-state index in [0.717, 1.165) is 8.95 Å². The van der Waals surface area contributed by atoms with Gasteiger partial charge in [0.15, 0.2) is 11.5 Å². The largest absolute Gasteiger partial charge is 0.298 e. The second-order valence-electron chi connectivity index (χ2n) is 3.10. The number of para-hydroxylation sites is 2. The molecule has 0 N–H and O–H groups in total. The number of hydrogen-bond acceptors (Lipinski definition) is 3. The van der Waals surface area contributed by atoms with Crippen LogP contribution in [0.25, 0.3) is 0 Å². The Morgan fingerprint density at radius 2 is 1.06 bits per heavy atom. The lowest BCUT2D eigenvalue weighted by Crippen LogP contribution is -2.02. The normalized spacial score (nSPS) is 10.0. The van der Waals surface area contributed by atoms with Crippen molar-refractivity contribution < 1.29 is 14.8 Å². The molecule has 0 heterocycles. The Morgan fingerprint density at radius 1 is 0.647 bits per heavy atom. The quantitative estimate of drug-likeness (QED) is 0.593. The summed E-state index contributed by atoms with van der Waals surface area (Å²) in [6.07, 6.45) is 0. The van der Waals surface area contributed by atoms with Gasteiger partial charge in [-0.1, -0.05) is 24.3 Å². The van der Waals surface area contributed by atoms with E-state index in [1.54, 1.807) is 12.1 Å². The molecule has 0 aliphatic carbocycles.